The molecule has 0 aliphatic rings. The molecule has 15 heavy (non-hydrogen) atoms. The third-order valence-electron chi connectivity index (χ3n) is 2.48. The van der Waals surface area contributed by atoms with E-state index in [0.29, 0.717) is 6.42 Å². The second kappa shape index (κ2) is 5.87. The minimum absolute atomic E-state index is 0.217. The van der Waals surface area contributed by atoms with Gasteiger partial charge in [0.1, 0.15) is 0 Å². The Morgan fingerprint density at radius 1 is 1.47 bits per heavy atom. The Kier molecular flexibility index (Phi) is 4.43. The smallest absolute Gasteiger partial charge is 0.0643 e. The number of anilines is 1. The molecule has 0 aliphatic carbocycles. The molecular weight excluding hydrogens is 184 g/mol. The third kappa shape index (κ3) is 3.14. The molecule has 0 bridgehead atoms. The van der Waals surface area contributed by atoms with Crippen molar-refractivity contribution >= 4 is 5.69 Å². The van der Waals surface area contributed by atoms with Gasteiger partial charge in [-0.25, -0.2) is 0 Å². The van der Waals surface area contributed by atoms with E-state index in [0.717, 1.165) is 12.1 Å². The van der Waals surface area contributed by atoms with E-state index in [-0.39, 0.29) is 6.04 Å². The Bertz CT molecular complexity index is 337. The quantitative estimate of drug-likeness (QED) is 0.683. The van der Waals surface area contributed by atoms with Crippen LogP contribution in [0.3, 0.4) is 0 Å². The van der Waals surface area contributed by atoms with Crippen molar-refractivity contribution in [3.05, 3.63) is 43.0 Å². The van der Waals surface area contributed by atoms with Crippen molar-refractivity contribution in [2.24, 2.45) is 0 Å². The standard InChI is InChI=1S/C13H16N2/c1-3-7-12(10-11-14)15(2)13-8-5-4-6-9-13/h3-6,8-9,12H,1,7,10H2,2H3. The van der Waals surface area contributed by atoms with Crippen LogP contribution in [0.1, 0.15) is 12.8 Å². The summed E-state index contributed by atoms with van der Waals surface area (Å²) in [5.74, 6) is 0. The average Bonchev–Trinajstić information content (AvgIpc) is 2.29. The van der Waals surface area contributed by atoms with Gasteiger partial charge in [-0.15, -0.1) is 6.58 Å². The summed E-state index contributed by atoms with van der Waals surface area (Å²) in [4.78, 5) is 2.13. The fourth-order valence-corrected chi connectivity index (χ4v) is 1.55. The fourth-order valence-electron chi connectivity index (χ4n) is 1.55. The van der Waals surface area contributed by atoms with E-state index in [1.165, 1.54) is 0 Å². The number of benzene rings is 1. The topological polar surface area (TPSA) is 27.0 Å². The van der Waals surface area contributed by atoms with Crippen LogP contribution in [-0.2, 0) is 0 Å². The van der Waals surface area contributed by atoms with Gasteiger partial charge in [0.25, 0.3) is 0 Å². The summed E-state index contributed by atoms with van der Waals surface area (Å²) < 4.78 is 0. The fraction of sp³-hybridized carbons (Fsp3) is 0.308. The van der Waals surface area contributed by atoms with Crippen molar-refractivity contribution in [1.29, 1.82) is 5.26 Å². The first-order chi connectivity index (χ1) is 7.29. The third-order valence-corrected chi connectivity index (χ3v) is 2.48. The van der Waals surface area contributed by atoms with Gasteiger partial charge in [-0.1, -0.05) is 24.3 Å². The second-order valence-corrected chi connectivity index (χ2v) is 3.49. The highest BCUT2D eigenvalue weighted by molar-refractivity contribution is 5.46. The van der Waals surface area contributed by atoms with Crippen molar-refractivity contribution in [3.8, 4) is 6.07 Å². The molecule has 0 heterocycles. The molecule has 0 amide bonds. The highest BCUT2D eigenvalue weighted by atomic mass is 15.1. The van der Waals surface area contributed by atoms with Crippen molar-refractivity contribution in [2.75, 3.05) is 11.9 Å². The maximum atomic E-state index is 8.75. The first-order valence-electron chi connectivity index (χ1n) is 5.05. The number of nitriles is 1. The molecule has 1 aromatic rings. The van der Waals surface area contributed by atoms with Crippen LogP contribution in [0, 0.1) is 11.3 Å². The summed E-state index contributed by atoms with van der Waals surface area (Å²) in [6.07, 6.45) is 3.22. The maximum Gasteiger partial charge on any atom is 0.0643 e. The molecule has 2 heteroatoms. The first kappa shape index (κ1) is 11.3. The molecule has 1 rings (SSSR count). The molecule has 0 aliphatic heterocycles. The lowest BCUT2D eigenvalue weighted by Crippen LogP contribution is -2.30. The number of rotatable bonds is 5. The molecule has 0 spiro atoms. The normalized spacial score (nSPS) is 11.5. The van der Waals surface area contributed by atoms with Crippen LogP contribution in [0.5, 0.6) is 0 Å². The molecule has 0 N–H and O–H groups in total. The van der Waals surface area contributed by atoms with E-state index in [1.54, 1.807) is 0 Å². The molecule has 0 saturated carbocycles. The summed E-state index contributed by atoms with van der Waals surface area (Å²) in [6.45, 7) is 3.72. The Morgan fingerprint density at radius 3 is 2.67 bits per heavy atom. The van der Waals surface area contributed by atoms with Crippen LogP contribution in [0.25, 0.3) is 0 Å². The van der Waals surface area contributed by atoms with Crippen LogP contribution in [-0.4, -0.2) is 13.1 Å². The minimum Gasteiger partial charge on any atom is -0.370 e. The van der Waals surface area contributed by atoms with E-state index in [4.69, 9.17) is 5.26 Å². The predicted octanol–water partition coefficient (Wildman–Crippen LogP) is 2.98. The van der Waals surface area contributed by atoms with Crippen LogP contribution >= 0.6 is 0 Å². The summed E-state index contributed by atoms with van der Waals surface area (Å²) in [7, 11) is 2.01. The zero-order valence-electron chi connectivity index (χ0n) is 9.06. The lowest BCUT2D eigenvalue weighted by molar-refractivity contribution is 0.651. The molecule has 1 unspecified atom stereocenters. The van der Waals surface area contributed by atoms with Crippen LogP contribution < -0.4 is 4.90 Å². The molecule has 1 aromatic carbocycles. The molecule has 78 valence electrons. The van der Waals surface area contributed by atoms with Crippen molar-refractivity contribution in [2.45, 2.75) is 18.9 Å². The van der Waals surface area contributed by atoms with Gasteiger partial charge in [0, 0.05) is 18.8 Å². The SMILES string of the molecule is C=CCC(CC#N)N(C)c1ccccc1. The second-order valence-electron chi connectivity index (χ2n) is 3.49. The summed E-state index contributed by atoms with van der Waals surface area (Å²) in [5.41, 5.74) is 1.14. The molecule has 0 fully saturated rings. The molecule has 0 radical (unpaired) electrons. The Balaban J connectivity index is 2.76. The van der Waals surface area contributed by atoms with E-state index in [2.05, 4.69) is 17.5 Å². The Labute approximate surface area is 91.4 Å². The van der Waals surface area contributed by atoms with Crippen molar-refractivity contribution < 1.29 is 0 Å². The van der Waals surface area contributed by atoms with Gasteiger partial charge in [-0.2, -0.15) is 5.26 Å². The molecule has 0 saturated heterocycles. The minimum atomic E-state index is 0.217. The van der Waals surface area contributed by atoms with Gasteiger partial charge in [-0.3, -0.25) is 0 Å². The van der Waals surface area contributed by atoms with Crippen molar-refractivity contribution in [1.82, 2.24) is 0 Å². The zero-order valence-corrected chi connectivity index (χ0v) is 9.06. The molecule has 0 aromatic heterocycles. The molecule has 1 atom stereocenters. The molecular formula is C13H16N2. The van der Waals surface area contributed by atoms with Crippen LogP contribution in [0.2, 0.25) is 0 Å². The highest BCUT2D eigenvalue weighted by Gasteiger charge is 2.12. The number of hydrogen-bond donors (Lipinski definition) is 0. The lowest BCUT2D eigenvalue weighted by Gasteiger charge is -2.27. The lowest BCUT2D eigenvalue weighted by atomic mass is 10.1. The van der Waals surface area contributed by atoms with Gasteiger partial charge in [0.05, 0.1) is 12.5 Å². The van der Waals surface area contributed by atoms with E-state index >= 15 is 0 Å². The summed E-state index contributed by atoms with van der Waals surface area (Å²) in [5, 5.41) is 8.75. The largest absolute Gasteiger partial charge is 0.370 e. The monoisotopic (exact) mass is 200 g/mol. The zero-order chi connectivity index (χ0) is 11.1. The Hall–Kier alpha value is -1.75. The van der Waals surface area contributed by atoms with Gasteiger partial charge < -0.3 is 4.90 Å². The van der Waals surface area contributed by atoms with Gasteiger partial charge >= 0.3 is 0 Å². The maximum absolute atomic E-state index is 8.75. The van der Waals surface area contributed by atoms with Crippen molar-refractivity contribution in [3.63, 3.8) is 0 Å². The average molecular weight is 200 g/mol. The number of nitrogens with zero attached hydrogens (tertiary/aromatic N) is 2. The van der Waals surface area contributed by atoms with E-state index in [1.807, 2.05) is 43.5 Å². The number of para-hydroxylation sites is 1. The predicted molar refractivity (Wildman–Crippen MR) is 63.7 cm³/mol. The first-order valence-corrected chi connectivity index (χ1v) is 5.05. The van der Waals surface area contributed by atoms with Gasteiger partial charge in [0.15, 0.2) is 0 Å². The highest BCUT2D eigenvalue weighted by Crippen LogP contribution is 2.17. The summed E-state index contributed by atoms with van der Waals surface area (Å²) in [6, 6.07) is 12.5. The number of hydrogen-bond acceptors (Lipinski definition) is 2. The van der Waals surface area contributed by atoms with Gasteiger partial charge in [0.2, 0.25) is 0 Å². The molecule has 2 nitrogen and oxygen atoms in total. The van der Waals surface area contributed by atoms with Crippen LogP contribution in [0.4, 0.5) is 5.69 Å². The Morgan fingerprint density at radius 2 is 2.13 bits per heavy atom. The van der Waals surface area contributed by atoms with E-state index < -0.39 is 0 Å². The van der Waals surface area contributed by atoms with Crippen LogP contribution in [0.15, 0.2) is 43.0 Å². The summed E-state index contributed by atoms with van der Waals surface area (Å²) >= 11 is 0. The van der Waals surface area contributed by atoms with Gasteiger partial charge in [-0.05, 0) is 18.6 Å². The van der Waals surface area contributed by atoms with E-state index in [9.17, 15) is 0 Å².